The fourth-order valence-corrected chi connectivity index (χ4v) is 4.47. The van der Waals surface area contributed by atoms with Gasteiger partial charge >= 0.3 is 4.87 Å². The van der Waals surface area contributed by atoms with Crippen LogP contribution < -0.4 is 9.60 Å². The van der Waals surface area contributed by atoms with Gasteiger partial charge in [0.25, 0.3) is 10.0 Å². The Morgan fingerprint density at radius 1 is 1.39 bits per heavy atom. The van der Waals surface area contributed by atoms with E-state index in [1.165, 1.54) is 6.92 Å². The molecule has 1 aromatic heterocycles. The summed E-state index contributed by atoms with van der Waals surface area (Å²) in [6.45, 7) is 4.85. The number of aromatic nitrogens is 1. The van der Waals surface area contributed by atoms with Gasteiger partial charge in [-0.3, -0.25) is 4.79 Å². The quantitative estimate of drug-likeness (QED) is 0.714. The number of H-pyrrole nitrogens is 1. The van der Waals surface area contributed by atoms with E-state index in [4.69, 9.17) is 0 Å². The van der Waals surface area contributed by atoms with Gasteiger partial charge in [0.2, 0.25) is 0 Å². The third-order valence-electron chi connectivity index (χ3n) is 3.03. The molecule has 0 saturated carbocycles. The van der Waals surface area contributed by atoms with E-state index < -0.39 is 20.4 Å². The molecular weight excluding hydrogens is 276 g/mol. The summed E-state index contributed by atoms with van der Waals surface area (Å²) in [5.74, 6) is 0. The molecule has 0 atom stereocenters. The van der Waals surface area contributed by atoms with E-state index in [1.807, 2.05) is 0 Å². The molecule has 0 radical (unpaired) electrons. The van der Waals surface area contributed by atoms with Gasteiger partial charge in [-0.25, -0.2) is 13.1 Å². The van der Waals surface area contributed by atoms with Crippen molar-refractivity contribution in [2.24, 2.45) is 0 Å². The lowest BCUT2D eigenvalue weighted by Gasteiger charge is -2.29. The molecule has 0 amide bonds. The Morgan fingerprint density at radius 3 is 2.28 bits per heavy atom. The molecule has 8 heteroatoms. The van der Waals surface area contributed by atoms with E-state index in [0.29, 0.717) is 29.9 Å². The molecular formula is C10H18N2O4S2. The standard InChI is InChI=1S/C10H18N2O4S2/c1-4-10(5-2,6-13)12-18(15,16)8-7(3)11-9(14)17-8/h12-13H,4-6H2,1-3H3,(H,11,14). The van der Waals surface area contributed by atoms with Crippen LogP contribution in [0.25, 0.3) is 0 Å². The van der Waals surface area contributed by atoms with E-state index in [1.54, 1.807) is 13.8 Å². The largest absolute Gasteiger partial charge is 0.394 e. The van der Waals surface area contributed by atoms with Crippen LogP contribution in [-0.4, -0.2) is 30.7 Å². The molecule has 0 aliphatic heterocycles. The van der Waals surface area contributed by atoms with E-state index >= 15 is 0 Å². The highest BCUT2D eigenvalue weighted by atomic mass is 32.2. The van der Waals surface area contributed by atoms with E-state index in [-0.39, 0.29) is 10.8 Å². The highest BCUT2D eigenvalue weighted by molar-refractivity contribution is 7.91. The molecule has 1 aromatic rings. The lowest BCUT2D eigenvalue weighted by molar-refractivity contribution is 0.172. The third kappa shape index (κ3) is 3.00. The SMILES string of the molecule is CCC(CC)(CO)NS(=O)(=O)c1sc(=O)[nH]c1C. The van der Waals surface area contributed by atoms with Crippen molar-refractivity contribution < 1.29 is 13.5 Å². The van der Waals surface area contributed by atoms with Gasteiger partial charge in [-0.2, -0.15) is 0 Å². The summed E-state index contributed by atoms with van der Waals surface area (Å²) in [6, 6.07) is 0. The maximum absolute atomic E-state index is 12.2. The van der Waals surface area contributed by atoms with E-state index in [2.05, 4.69) is 9.71 Å². The summed E-state index contributed by atoms with van der Waals surface area (Å²) in [6.07, 6.45) is 0.940. The van der Waals surface area contributed by atoms with Gasteiger partial charge in [-0.05, 0) is 19.8 Å². The highest BCUT2D eigenvalue weighted by Crippen LogP contribution is 2.22. The molecule has 0 saturated heterocycles. The number of aliphatic hydroxyl groups is 1. The molecule has 0 unspecified atom stereocenters. The van der Waals surface area contributed by atoms with Crippen molar-refractivity contribution in [3.05, 3.63) is 15.4 Å². The number of aryl methyl sites for hydroxylation is 1. The number of sulfonamides is 1. The van der Waals surface area contributed by atoms with Gasteiger partial charge < -0.3 is 10.1 Å². The molecule has 0 fully saturated rings. The predicted octanol–water partition coefficient (Wildman–Crippen LogP) is 0.574. The molecule has 6 nitrogen and oxygen atoms in total. The average molecular weight is 294 g/mol. The zero-order valence-corrected chi connectivity index (χ0v) is 12.2. The van der Waals surface area contributed by atoms with Crippen molar-refractivity contribution in [1.29, 1.82) is 0 Å². The second-order valence-corrected chi connectivity index (χ2v) is 7.04. The minimum absolute atomic E-state index is 0.0211. The molecule has 0 aliphatic rings. The zero-order valence-electron chi connectivity index (χ0n) is 10.6. The molecule has 0 aliphatic carbocycles. The van der Waals surface area contributed by atoms with Crippen molar-refractivity contribution in [1.82, 2.24) is 9.71 Å². The Kier molecular flexibility index (Phi) is 4.71. The van der Waals surface area contributed by atoms with Gasteiger partial charge in [-0.1, -0.05) is 25.2 Å². The minimum Gasteiger partial charge on any atom is -0.394 e. The van der Waals surface area contributed by atoms with Crippen LogP contribution in [0, 0.1) is 6.92 Å². The lowest BCUT2D eigenvalue weighted by Crippen LogP contribution is -2.50. The highest BCUT2D eigenvalue weighted by Gasteiger charge is 2.33. The molecule has 18 heavy (non-hydrogen) atoms. The monoisotopic (exact) mass is 294 g/mol. The topological polar surface area (TPSA) is 99.3 Å². The molecule has 0 bridgehead atoms. The van der Waals surface area contributed by atoms with E-state index in [0.717, 1.165) is 0 Å². The number of aromatic amines is 1. The molecule has 3 N–H and O–H groups in total. The predicted molar refractivity (Wildman–Crippen MR) is 70.4 cm³/mol. The number of hydrogen-bond acceptors (Lipinski definition) is 5. The van der Waals surface area contributed by atoms with Crippen LogP contribution in [0.5, 0.6) is 0 Å². The summed E-state index contributed by atoms with van der Waals surface area (Å²) in [5.41, 5.74) is -0.560. The summed E-state index contributed by atoms with van der Waals surface area (Å²) >= 11 is 0.650. The van der Waals surface area contributed by atoms with Gasteiger partial charge in [0.15, 0.2) is 4.21 Å². The zero-order chi connectivity index (χ0) is 14.0. The fraction of sp³-hybridized carbons (Fsp3) is 0.700. The number of aliphatic hydroxyl groups excluding tert-OH is 1. The van der Waals surface area contributed by atoms with Crippen LogP contribution >= 0.6 is 11.3 Å². The van der Waals surface area contributed by atoms with Gasteiger partial charge in [-0.15, -0.1) is 0 Å². The lowest BCUT2D eigenvalue weighted by atomic mass is 9.96. The first-order valence-corrected chi connectivity index (χ1v) is 7.94. The molecule has 104 valence electrons. The third-order valence-corrected chi connectivity index (χ3v) is 6.22. The molecule has 1 rings (SSSR count). The first kappa shape index (κ1) is 15.4. The van der Waals surface area contributed by atoms with Crippen LogP contribution in [-0.2, 0) is 10.0 Å². The van der Waals surface area contributed by atoms with Gasteiger partial charge in [0.05, 0.1) is 12.1 Å². The summed E-state index contributed by atoms with van der Waals surface area (Å²) < 4.78 is 26.9. The number of rotatable bonds is 6. The first-order chi connectivity index (χ1) is 8.30. The Morgan fingerprint density at radius 2 is 1.94 bits per heavy atom. The smallest absolute Gasteiger partial charge is 0.305 e. The normalized spacial score (nSPS) is 12.9. The Bertz CT molecular complexity index is 546. The average Bonchev–Trinajstić information content (AvgIpc) is 2.66. The van der Waals surface area contributed by atoms with Crippen LogP contribution in [0.1, 0.15) is 32.4 Å². The van der Waals surface area contributed by atoms with Crippen molar-refractivity contribution in [3.63, 3.8) is 0 Å². The van der Waals surface area contributed by atoms with Crippen molar-refractivity contribution in [2.45, 2.75) is 43.4 Å². The summed E-state index contributed by atoms with van der Waals surface area (Å²) in [7, 11) is -3.79. The second-order valence-electron chi connectivity index (χ2n) is 4.18. The summed E-state index contributed by atoms with van der Waals surface area (Å²) in [4.78, 5) is 13.2. The molecule has 0 spiro atoms. The van der Waals surface area contributed by atoms with Crippen LogP contribution in [0.2, 0.25) is 0 Å². The fourth-order valence-electron chi connectivity index (χ4n) is 1.63. The number of thiazole rings is 1. The van der Waals surface area contributed by atoms with Crippen molar-refractivity contribution in [3.8, 4) is 0 Å². The second kappa shape index (κ2) is 5.52. The van der Waals surface area contributed by atoms with Crippen LogP contribution in [0.3, 0.4) is 0 Å². The van der Waals surface area contributed by atoms with Crippen molar-refractivity contribution in [2.75, 3.05) is 6.61 Å². The Labute approximate surface area is 110 Å². The Hall–Kier alpha value is -0.700. The number of nitrogens with one attached hydrogen (secondary N) is 2. The summed E-state index contributed by atoms with van der Waals surface area (Å²) in [5, 5.41) is 9.37. The number of hydrogen-bond donors (Lipinski definition) is 3. The maximum atomic E-state index is 12.2. The van der Waals surface area contributed by atoms with Crippen LogP contribution in [0.4, 0.5) is 0 Å². The van der Waals surface area contributed by atoms with E-state index in [9.17, 15) is 18.3 Å². The van der Waals surface area contributed by atoms with Crippen molar-refractivity contribution >= 4 is 21.4 Å². The molecule has 0 aromatic carbocycles. The van der Waals surface area contributed by atoms with Gasteiger partial charge in [0, 0.05) is 5.69 Å². The first-order valence-electron chi connectivity index (χ1n) is 5.65. The maximum Gasteiger partial charge on any atom is 0.305 e. The molecule has 1 heterocycles. The Balaban J connectivity index is 3.16. The van der Waals surface area contributed by atoms with Crippen LogP contribution in [0.15, 0.2) is 9.00 Å². The van der Waals surface area contributed by atoms with Gasteiger partial charge in [0.1, 0.15) is 0 Å². The minimum atomic E-state index is -3.79.